The molecule has 3 atom stereocenters. The van der Waals surface area contributed by atoms with E-state index < -0.39 is 24.0 Å². The van der Waals surface area contributed by atoms with Crippen LogP contribution in [-0.4, -0.2) is 41.8 Å². The van der Waals surface area contributed by atoms with E-state index in [0.717, 1.165) is 41.5 Å². The van der Waals surface area contributed by atoms with E-state index in [1.807, 2.05) is 24.3 Å². The lowest BCUT2D eigenvalue weighted by Crippen LogP contribution is -2.49. The monoisotopic (exact) mass is 450 g/mol. The minimum absolute atomic E-state index is 0.0344. The summed E-state index contributed by atoms with van der Waals surface area (Å²) in [5.41, 5.74) is 4.60. The molecule has 174 valence electrons. The van der Waals surface area contributed by atoms with E-state index in [1.54, 1.807) is 0 Å². The Labute approximate surface area is 193 Å². The molecule has 2 aliphatic carbocycles. The van der Waals surface area contributed by atoms with Crippen LogP contribution in [0, 0.1) is 5.92 Å². The minimum Gasteiger partial charge on any atom is -0.480 e. The number of ether oxygens (including phenoxy) is 1. The van der Waals surface area contributed by atoms with Gasteiger partial charge in [-0.05, 0) is 42.0 Å². The fourth-order valence-corrected chi connectivity index (χ4v) is 4.97. The molecule has 0 saturated heterocycles. The van der Waals surface area contributed by atoms with Crippen molar-refractivity contribution in [2.45, 2.75) is 57.0 Å². The zero-order valence-electron chi connectivity index (χ0n) is 18.8. The summed E-state index contributed by atoms with van der Waals surface area (Å²) in [5.74, 6) is -1.93. The number of fused-ring (bicyclic) bond motifs is 3. The Morgan fingerprint density at radius 1 is 0.970 bits per heavy atom. The van der Waals surface area contributed by atoms with Gasteiger partial charge in [0.05, 0.1) is 5.92 Å². The molecule has 1 saturated carbocycles. The summed E-state index contributed by atoms with van der Waals surface area (Å²) in [5, 5.41) is 14.5. The molecule has 7 nitrogen and oxygen atoms in total. The number of carboxylic acid groups (broad SMARTS) is 1. The van der Waals surface area contributed by atoms with Crippen LogP contribution in [0.2, 0.25) is 0 Å². The number of hydrogen-bond acceptors (Lipinski definition) is 4. The molecule has 7 heteroatoms. The van der Waals surface area contributed by atoms with E-state index in [2.05, 4.69) is 34.9 Å². The summed E-state index contributed by atoms with van der Waals surface area (Å²) in [7, 11) is 0. The molecule has 1 fully saturated rings. The average molecular weight is 451 g/mol. The van der Waals surface area contributed by atoms with Crippen LogP contribution in [0.25, 0.3) is 11.1 Å². The van der Waals surface area contributed by atoms with Gasteiger partial charge in [0.25, 0.3) is 0 Å². The van der Waals surface area contributed by atoms with E-state index in [9.17, 15) is 14.4 Å². The predicted octanol–water partition coefficient (Wildman–Crippen LogP) is 4.06. The van der Waals surface area contributed by atoms with Gasteiger partial charge in [-0.15, -0.1) is 0 Å². The van der Waals surface area contributed by atoms with E-state index in [4.69, 9.17) is 9.84 Å². The average Bonchev–Trinajstić information content (AvgIpc) is 2.94. The van der Waals surface area contributed by atoms with Crippen molar-refractivity contribution < 1.29 is 24.2 Å². The van der Waals surface area contributed by atoms with Crippen LogP contribution < -0.4 is 10.6 Å². The highest BCUT2D eigenvalue weighted by molar-refractivity contribution is 5.85. The van der Waals surface area contributed by atoms with Crippen molar-refractivity contribution in [2.75, 3.05) is 6.61 Å². The number of carboxylic acids is 1. The maximum absolute atomic E-state index is 12.7. The normalized spacial score (nSPS) is 20.6. The van der Waals surface area contributed by atoms with E-state index in [1.165, 1.54) is 6.92 Å². The molecule has 2 aromatic carbocycles. The lowest BCUT2D eigenvalue weighted by Gasteiger charge is -2.26. The summed E-state index contributed by atoms with van der Waals surface area (Å²) in [6.07, 6.45) is 3.44. The van der Waals surface area contributed by atoms with E-state index >= 15 is 0 Å². The lowest BCUT2D eigenvalue weighted by atomic mass is 9.93. The molecule has 0 radical (unpaired) electrons. The number of hydrogen-bond donors (Lipinski definition) is 3. The van der Waals surface area contributed by atoms with Gasteiger partial charge < -0.3 is 20.5 Å². The Bertz CT molecular complexity index is 991. The van der Waals surface area contributed by atoms with Gasteiger partial charge in [-0.1, -0.05) is 67.8 Å². The fraction of sp³-hybridized carbons (Fsp3) is 0.423. The summed E-state index contributed by atoms with van der Waals surface area (Å²) >= 11 is 0. The number of rotatable bonds is 6. The molecule has 0 unspecified atom stereocenters. The van der Waals surface area contributed by atoms with Gasteiger partial charge in [-0.2, -0.15) is 0 Å². The quantitative estimate of drug-likeness (QED) is 0.576. The number of amides is 2. The lowest BCUT2D eigenvalue weighted by molar-refractivity contribution is -0.142. The fourth-order valence-electron chi connectivity index (χ4n) is 4.97. The Morgan fingerprint density at radius 2 is 1.58 bits per heavy atom. The van der Waals surface area contributed by atoms with Crippen LogP contribution in [0.4, 0.5) is 4.79 Å². The molecular weight excluding hydrogens is 420 g/mol. The Kier molecular flexibility index (Phi) is 6.96. The molecule has 4 rings (SSSR count). The van der Waals surface area contributed by atoms with Crippen LogP contribution in [0.15, 0.2) is 48.5 Å². The molecular formula is C26H30N2O5. The zero-order chi connectivity index (χ0) is 23.4. The maximum atomic E-state index is 12.7. The maximum Gasteiger partial charge on any atom is 0.407 e. The zero-order valence-corrected chi connectivity index (χ0v) is 18.8. The highest BCUT2D eigenvalue weighted by Crippen LogP contribution is 2.44. The summed E-state index contributed by atoms with van der Waals surface area (Å²) < 4.78 is 5.65. The molecule has 0 aliphatic heterocycles. The topological polar surface area (TPSA) is 105 Å². The van der Waals surface area contributed by atoms with Crippen LogP contribution in [0.3, 0.4) is 0 Å². The number of carbonyl (C=O) groups excluding carboxylic acids is 2. The highest BCUT2D eigenvalue weighted by atomic mass is 16.5. The molecule has 0 spiro atoms. The Balaban J connectivity index is 1.41. The first-order valence-corrected chi connectivity index (χ1v) is 11.6. The Morgan fingerprint density at radius 3 is 2.21 bits per heavy atom. The molecule has 0 bridgehead atoms. The van der Waals surface area contributed by atoms with Crippen LogP contribution in [0.5, 0.6) is 0 Å². The van der Waals surface area contributed by atoms with E-state index in [0.29, 0.717) is 12.8 Å². The first-order valence-electron chi connectivity index (χ1n) is 11.6. The highest BCUT2D eigenvalue weighted by Gasteiger charge is 2.33. The third kappa shape index (κ3) is 5.02. The van der Waals surface area contributed by atoms with Crippen molar-refractivity contribution >= 4 is 18.0 Å². The Hall–Kier alpha value is -3.35. The van der Waals surface area contributed by atoms with Crippen molar-refractivity contribution in [3.63, 3.8) is 0 Å². The summed E-state index contributed by atoms with van der Waals surface area (Å²) in [6, 6.07) is 14.9. The summed E-state index contributed by atoms with van der Waals surface area (Å²) in [4.78, 5) is 36.6. The number of alkyl carbamates (subject to hydrolysis) is 1. The smallest absolute Gasteiger partial charge is 0.407 e. The van der Waals surface area contributed by atoms with Gasteiger partial charge in [0.1, 0.15) is 12.6 Å². The minimum atomic E-state index is -1.09. The van der Waals surface area contributed by atoms with Crippen molar-refractivity contribution in [2.24, 2.45) is 5.92 Å². The van der Waals surface area contributed by atoms with Gasteiger partial charge in [0, 0.05) is 12.0 Å². The van der Waals surface area contributed by atoms with E-state index in [-0.39, 0.29) is 24.5 Å². The molecule has 33 heavy (non-hydrogen) atoms. The molecule has 2 aromatic rings. The third-order valence-electron chi connectivity index (χ3n) is 6.73. The second kappa shape index (κ2) is 10.1. The molecule has 3 N–H and O–H groups in total. The number of nitrogens with one attached hydrogen (secondary N) is 2. The van der Waals surface area contributed by atoms with Gasteiger partial charge >= 0.3 is 12.1 Å². The van der Waals surface area contributed by atoms with Crippen molar-refractivity contribution in [1.29, 1.82) is 0 Å². The van der Waals surface area contributed by atoms with Gasteiger partial charge in [0.2, 0.25) is 5.91 Å². The molecule has 0 aromatic heterocycles. The van der Waals surface area contributed by atoms with Crippen LogP contribution >= 0.6 is 0 Å². The third-order valence-corrected chi connectivity index (χ3v) is 6.73. The van der Waals surface area contributed by atoms with Crippen molar-refractivity contribution in [3.8, 4) is 11.1 Å². The standard InChI is InChI=1S/C26H30N2O5/c1-16(25(30)31)27-24(29)21-13-3-2-4-14-23(21)28-26(32)33-15-22-19-11-7-5-9-17(19)18-10-6-8-12-20(18)22/h5-12,16,21-23H,2-4,13-15H2,1H3,(H,27,29)(H,28,32)(H,30,31)/t16-,21+,23-/m0/s1. The van der Waals surface area contributed by atoms with Gasteiger partial charge in [0.15, 0.2) is 0 Å². The second-order valence-electron chi connectivity index (χ2n) is 8.89. The first kappa shape index (κ1) is 22.8. The second-order valence-corrected chi connectivity index (χ2v) is 8.89. The van der Waals surface area contributed by atoms with Crippen molar-refractivity contribution in [3.05, 3.63) is 59.7 Å². The van der Waals surface area contributed by atoms with Crippen molar-refractivity contribution in [1.82, 2.24) is 10.6 Å². The van der Waals surface area contributed by atoms with Gasteiger partial charge in [-0.3, -0.25) is 9.59 Å². The summed E-state index contributed by atoms with van der Waals surface area (Å²) in [6.45, 7) is 1.64. The SMILES string of the molecule is C[C@H](NC(=O)[C@@H]1CCCCC[C@@H]1NC(=O)OCC1c2ccccc2-c2ccccc21)C(=O)O. The molecule has 2 amide bonds. The predicted molar refractivity (Wildman–Crippen MR) is 124 cm³/mol. The van der Waals surface area contributed by atoms with Gasteiger partial charge in [-0.25, -0.2) is 4.79 Å². The number of aliphatic carboxylic acids is 1. The largest absolute Gasteiger partial charge is 0.480 e. The molecule has 2 aliphatic rings. The van der Waals surface area contributed by atoms with Crippen LogP contribution in [0.1, 0.15) is 56.1 Å². The first-order chi connectivity index (χ1) is 16.0. The number of benzene rings is 2. The molecule has 0 heterocycles. The number of carbonyl (C=O) groups is 3. The van der Waals surface area contributed by atoms with Crippen LogP contribution in [-0.2, 0) is 14.3 Å².